The Morgan fingerprint density at radius 2 is 0.706 bits per heavy atom. The number of nitrogens with zero attached hydrogens (tertiary/aromatic N) is 8. The smallest absolute Gasteiger partial charge is 0.410 e. The first-order valence-electron chi connectivity index (χ1n) is 49.6. The van der Waals surface area contributed by atoms with Crippen molar-refractivity contribution in [1.82, 2.24) is 39.2 Å². The molecule has 16 rings (SSSR count). The lowest BCUT2D eigenvalue weighted by Crippen LogP contribution is -2.50. The number of carbonyl (C=O) groups excluding carboxylic acids is 6. The Balaban J connectivity index is 0.000000144. The fraction of sp³-hybridized carbons (Fsp3) is 0.655. The molecule has 4 saturated carbocycles. The SMILES string of the molecule is CC(C)C1C2=C(CCN1C(=O)C1CCC(CN(C)CCC(C)(C)C)CC1)c1ccccc1C2.CC1C2=C(CCN1C(=O)C1CCC(CN(C)C(=O)OC(C)(C)C)CC1)c1ccccc1C2.CCCN(C)CC1CCC(C(=O)N2CCC3=C(Cc4ccccc43)C2C(C)C)CC1.CN(CC1CCC(C(=O)N2CCC3=C(Cc4ccccc43)C2)CC1)C(=O)OC(C)(C)C. The van der Waals surface area contributed by atoms with Crippen LogP contribution in [0.25, 0.3) is 22.3 Å². The maximum atomic E-state index is 13.8. The number of carbonyl (C=O) groups is 6. The normalized spacial score (nSPS) is 25.1. The largest absolute Gasteiger partial charge is 0.444 e. The van der Waals surface area contributed by atoms with Crippen molar-refractivity contribution in [3.8, 4) is 0 Å². The lowest BCUT2D eigenvalue weighted by molar-refractivity contribution is -0.140. The molecule has 4 heterocycles. The van der Waals surface area contributed by atoms with Crippen molar-refractivity contribution in [2.24, 2.45) is 64.6 Å². The molecule has 12 aliphatic rings. The van der Waals surface area contributed by atoms with Crippen LogP contribution in [-0.2, 0) is 54.3 Å². The Bertz CT molecular complexity index is 4590. The van der Waals surface area contributed by atoms with E-state index in [2.05, 4.69) is 203 Å². The molecule has 3 unspecified atom stereocenters. The predicted octanol–water partition coefficient (Wildman–Crippen LogP) is 22.0. The molecule has 0 spiro atoms. The van der Waals surface area contributed by atoms with E-state index in [9.17, 15) is 28.8 Å². The van der Waals surface area contributed by atoms with Crippen LogP contribution in [-0.4, -0.2) is 205 Å². The zero-order chi connectivity index (χ0) is 90.2. The van der Waals surface area contributed by atoms with Gasteiger partial charge in [-0.05, 0) is 373 Å². The van der Waals surface area contributed by atoms with Gasteiger partial charge in [-0.25, -0.2) is 9.59 Å². The topological polar surface area (TPSA) is 147 Å². The van der Waals surface area contributed by atoms with Crippen LogP contribution in [0.5, 0.6) is 0 Å². The van der Waals surface area contributed by atoms with Crippen LogP contribution in [0.2, 0.25) is 0 Å². The number of amides is 6. The van der Waals surface area contributed by atoms with Crippen LogP contribution < -0.4 is 0 Å². The fourth-order valence-corrected chi connectivity index (χ4v) is 23.9. The first kappa shape index (κ1) is 95.8. The molecule has 6 amide bonds. The fourth-order valence-electron chi connectivity index (χ4n) is 23.9. The predicted molar refractivity (Wildman–Crippen MR) is 514 cm³/mol. The van der Waals surface area contributed by atoms with Gasteiger partial charge in [0, 0.05) is 96.7 Å². The average molecular weight is 1720 g/mol. The Morgan fingerprint density at radius 3 is 1.08 bits per heavy atom. The van der Waals surface area contributed by atoms with Gasteiger partial charge in [0.05, 0.1) is 18.1 Å². The lowest BCUT2D eigenvalue weighted by Gasteiger charge is -2.42. The van der Waals surface area contributed by atoms with Crippen LogP contribution in [0, 0.1) is 64.6 Å². The Labute approximate surface area is 759 Å². The summed E-state index contributed by atoms with van der Waals surface area (Å²) in [5.41, 5.74) is 22.9. The molecule has 8 aliphatic carbocycles. The summed E-state index contributed by atoms with van der Waals surface area (Å²) in [4.78, 5) is 95.7. The lowest BCUT2D eigenvalue weighted by atomic mass is 9.79. The molecular formula is C110H160N8O8. The first-order chi connectivity index (χ1) is 60.0. The molecule has 126 heavy (non-hydrogen) atoms. The van der Waals surface area contributed by atoms with Gasteiger partial charge in [0.1, 0.15) is 11.2 Å². The van der Waals surface area contributed by atoms with E-state index in [4.69, 9.17) is 9.47 Å². The number of ether oxygens (including phenoxy) is 2. The highest BCUT2D eigenvalue weighted by Crippen LogP contribution is 2.49. The van der Waals surface area contributed by atoms with Crippen LogP contribution in [0.1, 0.15) is 290 Å². The monoisotopic (exact) mass is 1720 g/mol. The molecule has 4 aliphatic heterocycles. The minimum atomic E-state index is -0.476. The van der Waals surface area contributed by atoms with Crippen molar-refractivity contribution >= 4 is 58.1 Å². The maximum Gasteiger partial charge on any atom is 0.410 e. The van der Waals surface area contributed by atoms with Gasteiger partial charge in [-0.2, -0.15) is 0 Å². The van der Waals surface area contributed by atoms with E-state index in [1.165, 1.54) is 154 Å². The van der Waals surface area contributed by atoms with Gasteiger partial charge < -0.3 is 48.7 Å². The second-order valence-electron chi connectivity index (χ2n) is 44.3. The molecule has 16 nitrogen and oxygen atoms in total. The number of hydrogen-bond acceptors (Lipinski definition) is 10. The van der Waals surface area contributed by atoms with Crippen molar-refractivity contribution in [3.05, 3.63) is 164 Å². The molecule has 3 atom stereocenters. The third kappa shape index (κ3) is 23.7. The van der Waals surface area contributed by atoms with E-state index in [-0.39, 0.29) is 54.0 Å². The number of rotatable bonds is 18. The average Bonchev–Trinajstić information content (AvgIpc) is 1.62. The van der Waals surface area contributed by atoms with E-state index >= 15 is 0 Å². The van der Waals surface area contributed by atoms with Gasteiger partial charge in [-0.15, -0.1) is 0 Å². The van der Waals surface area contributed by atoms with E-state index in [0.717, 1.165) is 173 Å². The van der Waals surface area contributed by atoms with Gasteiger partial charge in [0.25, 0.3) is 0 Å². The van der Waals surface area contributed by atoms with Gasteiger partial charge in [-0.1, -0.05) is 152 Å². The third-order valence-corrected chi connectivity index (χ3v) is 30.4. The summed E-state index contributed by atoms with van der Waals surface area (Å²) in [6.45, 7) is 42.3. The summed E-state index contributed by atoms with van der Waals surface area (Å²) >= 11 is 0. The van der Waals surface area contributed by atoms with Gasteiger partial charge in [0.2, 0.25) is 23.6 Å². The molecule has 16 heteroatoms. The number of fused-ring (bicyclic) bond motifs is 8. The van der Waals surface area contributed by atoms with Crippen LogP contribution in [0.3, 0.4) is 0 Å². The summed E-state index contributed by atoms with van der Waals surface area (Å²) in [6.07, 6.45) is 26.8. The van der Waals surface area contributed by atoms with Crippen molar-refractivity contribution in [2.45, 2.75) is 300 Å². The van der Waals surface area contributed by atoms with Gasteiger partial charge in [0.15, 0.2) is 0 Å². The molecule has 0 radical (unpaired) electrons. The molecule has 0 aromatic heterocycles. The minimum absolute atomic E-state index is 0.117. The van der Waals surface area contributed by atoms with Crippen molar-refractivity contribution in [2.75, 3.05) is 100 Å². The van der Waals surface area contributed by atoms with Crippen LogP contribution in [0.4, 0.5) is 9.59 Å². The molecule has 4 aromatic rings. The highest BCUT2D eigenvalue weighted by Gasteiger charge is 2.45. The molecular weight excluding hydrogens is 1560 g/mol. The molecule has 0 saturated heterocycles. The molecule has 688 valence electrons. The molecule has 0 N–H and O–H groups in total. The van der Waals surface area contributed by atoms with Crippen LogP contribution >= 0.6 is 0 Å². The van der Waals surface area contributed by atoms with Gasteiger partial charge in [-0.3, -0.25) is 19.2 Å². The number of hydrogen-bond donors (Lipinski definition) is 0. The zero-order valence-corrected chi connectivity index (χ0v) is 81.2. The van der Waals surface area contributed by atoms with Crippen LogP contribution in [0.15, 0.2) is 119 Å². The quantitative estimate of drug-likeness (QED) is 0.0943. The molecule has 0 bridgehead atoms. The summed E-state index contributed by atoms with van der Waals surface area (Å²) in [7, 11) is 8.14. The standard InChI is InChI=1S/C30H46N2O.C27H38N2O3.C27H40N2O.C26H36N2O3/c1-21(2)28-27-19-24-9-7-8-10-25(24)26(27)15-17-32(28)29(33)23-13-11-22(12-14-23)20-31(6)18-16-30(3,4)5;1-18-24-16-21-8-6-7-9-22(21)23(24)14-15-29(18)25(30)20-12-10-19(11-13-20)17-28(5)26(31)32-27(2,3)4;1-5-15-28(4)18-20-10-12-21(13-11-20)27(30)29-16-14-24-23-9-7-6-8-22(23)17-25(24)26(29)19(2)3;1-26(2,3)31-25(30)27(4)16-18-9-11-19(12-10-18)24(29)28-14-13-23-21(17-28)15-20-7-5-6-8-22(20)23/h7-10,21-23,28H,11-20H2,1-6H3;6-9,18-20H,10-17H2,1-5H3;6-9,19-21,26H,5,10-18H2,1-4H3;5-8,18-19H,9-17H2,1-4H3. The molecule has 4 fully saturated rings. The second-order valence-corrected chi connectivity index (χ2v) is 44.3. The van der Waals surface area contributed by atoms with E-state index < -0.39 is 11.2 Å². The second kappa shape index (κ2) is 41.9. The van der Waals surface area contributed by atoms with E-state index in [0.29, 0.717) is 65.8 Å². The first-order valence-corrected chi connectivity index (χ1v) is 49.6. The Kier molecular flexibility index (Phi) is 31.9. The summed E-state index contributed by atoms with van der Waals surface area (Å²) in [5, 5.41) is 0. The van der Waals surface area contributed by atoms with Crippen molar-refractivity contribution in [3.63, 3.8) is 0 Å². The number of benzene rings is 4. The Morgan fingerprint density at radius 1 is 0.389 bits per heavy atom. The van der Waals surface area contributed by atoms with Crippen molar-refractivity contribution < 1.29 is 38.2 Å². The van der Waals surface area contributed by atoms with Gasteiger partial charge >= 0.3 is 12.2 Å². The summed E-state index contributed by atoms with van der Waals surface area (Å²) in [6, 6.07) is 35.9. The highest BCUT2D eigenvalue weighted by atomic mass is 16.6. The van der Waals surface area contributed by atoms with E-state index in [1.807, 2.05) is 55.6 Å². The summed E-state index contributed by atoms with van der Waals surface area (Å²) in [5.74, 6) is 5.60. The third-order valence-electron chi connectivity index (χ3n) is 30.4. The summed E-state index contributed by atoms with van der Waals surface area (Å²) < 4.78 is 10.9. The van der Waals surface area contributed by atoms with Crippen molar-refractivity contribution in [1.29, 1.82) is 0 Å². The highest BCUT2D eigenvalue weighted by molar-refractivity contribution is 5.88. The Hall–Kier alpha value is -7.82. The van der Waals surface area contributed by atoms with E-state index in [1.54, 1.807) is 9.80 Å². The zero-order valence-electron chi connectivity index (χ0n) is 81.2. The minimum Gasteiger partial charge on any atom is -0.444 e. The maximum absolute atomic E-state index is 13.8. The molecule has 4 aromatic carbocycles.